The monoisotopic (exact) mass is 394 g/mol. The fourth-order valence-electron chi connectivity index (χ4n) is 3.77. The van der Waals surface area contributed by atoms with E-state index in [4.69, 9.17) is 18.6 Å². The molecule has 1 heterocycles. The zero-order valence-corrected chi connectivity index (χ0v) is 16.4. The second kappa shape index (κ2) is 7.99. The molecule has 0 saturated carbocycles. The molecule has 0 bridgehead atoms. The van der Waals surface area contributed by atoms with Gasteiger partial charge in [0.25, 0.3) is 0 Å². The van der Waals surface area contributed by atoms with E-state index in [1.165, 1.54) is 7.11 Å². The van der Waals surface area contributed by atoms with Crippen molar-refractivity contribution in [3.8, 4) is 11.5 Å². The summed E-state index contributed by atoms with van der Waals surface area (Å²) in [6.45, 7) is 0.234. The summed E-state index contributed by atoms with van der Waals surface area (Å²) in [5.41, 5.74) is 3.28. The molecule has 0 N–H and O–H groups in total. The largest absolute Gasteiger partial charge is 0.493 e. The molecular weight excluding hydrogens is 372 g/mol. The number of benzene rings is 2. The molecule has 0 aliphatic heterocycles. The smallest absolute Gasteiger partial charge is 0.339 e. The number of esters is 1. The van der Waals surface area contributed by atoms with Crippen molar-refractivity contribution in [2.24, 2.45) is 0 Å². The molecule has 1 aliphatic rings. The molecular formula is C23H22O6. The minimum absolute atomic E-state index is 0.234. The Morgan fingerprint density at radius 3 is 2.41 bits per heavy atom. The molecule has 3 aromatic rings. The SMILES string of the molecule is COC(=O)c1ccc(COc2c(OC)ccc3c4c(c(=O)oc23)CCCC4)cc1. The van der Waals surface area contributed by atoms with Gasteiger partial charge in [0.15, 0.2) is 11.3 Å². The molecule has 1 aromatic heterocycles. The molecule has 0 fully saturated rings. The zero-order valence-electron chi connectivity index (χ0n) is 16.4. The number of aryl methyl sites for hydroxylation is 1. The average molecular weight is 394 g/mol. The molecule has 0 amide bonds. The summed E-state index contributed by atoms with van der Waals surface area (Å²) in [4.78, 5) is 24.1. The first-order valence-corrected chi connectivity index (χ1v) is 9.58. The van der Waals surface area contributed by atoms with Gasteiger partial charge in [-0.3, -0.25) is 0 Å². The normalized spacial score (nSPS) is 13.0. The Kier molecular flexibility index (Phi) is 5.25. The van der Waals surface area contributed by atoms with E-state index < -0.39 is 0 Å². The van der Waals surface area contributed by atoms with Crippen LogP contribution in [0.1, 0.15) is 39.9 Å². The molecule has 4 rings (SSSR count). The first kappa shape index (κ1) is 19.1. The van der Waals surface area contributed by atoms with Crippen LogP contribution in [0.3, 0.4) is 0 Å². The lowest BCUT2D eigenvalue weighted by atomic mass is 9.90. The third kappa shape index (κ3) is 3.58. The van der Waals surface area contributed by atoms with E-state index >= 15 is 0 Å². The summed E-state index contributed by atoms with van der Waals surface area (Å²) in [6, 6.07) is 10.7. The Balaban J connectivity index is 1.70. The number of hydrogen-bond acceptors (Lipinski definition) is 6. The standard InChI is InChI=1S/C23H22O6/c1-26-19-12-11-17-16-5-3-4-6-18(16)23(25)29-20(17)21(19)28-13-14-7-9-15(10-8-14)22(24)27-2/h7-12H,3-6,13H2,1-2H3. The Labute approximate surface area is 168 Å². The number of fused-ring (bicyclic) bond motifs is 3. The highest BCUT2D eigenvalue weighted by Crippen LogP contribution is 2.38. The summed E-state index contributed by atoms with van der Waals surface area (Å²) >= 11 is 0. The Hall–Kier alpha value is -3.28. The summed E-state index contributed by atoms with van der Waals surface area (Å²) < 4.78 is 21.8. The van der Waals surface area contributed by atoms with Gasteiger partial charge < -0.3 is 18.6 Å². The molecule has 2 aromatic carbocycles. The van der Waals surface area contributed by atoms with Gasteiger partial charge in [0, 0.05) is 10.9 Å². The van der Waals surface area contributed by atoms with Crippen LogP contribution in [0.15, 0.2) is 45.6 Å². The van der Waals surface area contributed by atoms with E-state index in [0.29, 0.717) is 22.6 Å². The maximum atomic E-state index is 12.5. The van der Waals surface area contributed by atoms with Crippen LogP contribution < -0.4 is 15.1 Å². The first-order valence-electron chi connectivity index (χ1n) is 9.58. The fraction of sp³-hybridized carbons (Fsp3) is 0.304. The van der Waals surface area contributed by atoms with Crippen LogP contribution in [0.25, 0.3) is 11.0 Å². The maximum Gasteiger partial charge on any atom is 0.339 e. The van der Waals surface area contributed by atoms with Gasteiger partial charge in [-0.15, -0.1) is 0 Å². The van der Waals surface area contributed by atoms with Gasteiger partial charge in [0.05, 0.1) is 19.8 Å². The highest BCUT2D eigenvalue weighted by molar-refractivity contribution is 5.89. The van der Waals surface area contributed by atoms with Crippen molar-refractivity contribution in [3.63, 3.8) is 0 Å². The van der Waals surface area contributed by atoms with Crippen LogP contribution >= 0.6 is 0 Å². The lowest BCUT2D eigenvalue weighted by Gasteiger charge is -2.18. The molecule has 0 radical (unpaired) electrons. The molecule has 29 heavy (non-hydrogen) atoms. The number of ether oxygens (including phenoxy) is 3. The van der Waals surface area contributed by atoms with Gasteiger partial charge in [0.1, 0.15) is 6.61 Å². The number of rotatable bonds is 5. The fourth-order valence-corrected chi connectivity index (χ4v) is 3.77. The highest BCUT2D eigenvalue weighted by Gasteiger charge is 2.22. The minimum atomic E-state index is -0.389. The Morgan fingerprint density at radius 2 is 1.72 bits per heavy atom. The predicted octanol–water partition coefficient (Wildman–Crippen LogP) is 4.05. The minimum Gasteiger partial charge on any atom is -0.493 e. The lowest BCUT2D eigenvalue weighted by Crippen LogP contribution is -2.16. The van der Waals surface area contributed by atoms with Gasteiger partial charge >= 0.3 is 11.6 Å². The van der Waals surface area contributed by atoms with Crippen LogP contribution in [0.2, 0.25) is 0 Å². The number of carbonyl (C=O) groups excluding carboxylic acids is 1. The van der Waals surface area contributed by atoms with Crippen LogP contribution in [-0.2, 0) is 24.2 Å². The second-order valence-electron chi connectivity index (χ2n) is 7.00. The summed E-state index contributed by atoms with van der Waals surface area (Å²) in [7, 11) is 2.90. The Morgan fingerprint density at radius 1 is 1.00 bits per heavy atom. The van der Waals surface area contributed by atoms with Gasteiger partial charge in [0.2, 0.25) is 5.75 Å². The van der Waals surface area contributed by atoms with Gasteiger partial charge in [-0.1, -0.05) is 12.1 Å². The average Bonchev–Trinajstić information content (AvgIpc) is 2.77. The van der Waals surface area contributed by atoms with Crippen LogP contribution in [-0.4, -0.2) is 20.2 Å². The van der Waals surface area contributed by atoms with Gasteiger partial charge in [-0.25, -0.2) is 9.59 Å². The van der Waals surface area contributed by atoms with Crippen molar-refractivity contribution in [3.05, 3.63) is 69.1 Å². The van der Waals surface area contributed by atoms with Crippen LogP contribution in [0.5, 0.6) is 11.5 Å². The number of methoxy groups -OCH3 is 2. The van der Waals surface area contributed by atoms with Crippen molar-refractivity contribution in [1.29, 1.82) is 0 Å². The second-order valence-corrected chi connectivity index (χ2v) is 7.00. The topological polar surface area (TPSA) is 75.0 Å². The summed E-state index contributed by atoms with van der Waals surface area (Å²) in [5, 5.41) is 0.899. The molecule has 0 spiro atoms. The van der Waals surface area contributed by atoms with Crippen molar-refractivity contribution in [1.82, 2.24) is 0 Å². The van der Waals surface area contributed by atoms with E-state index in [1.807, 2.05) is 12.1 Å². The van der Waals surface area contributed by atoms with Crippen molar-refractivity contribution in [2.75, 3.05) is 14.2 Å². The van der Waals surface area contributed by atoms with Crippen molar-refractivity contribution in [2.45, 2.75) is 32.3 Å². The third-order valence-electron chi connectivity index (χ3n) is 5.29. The molecule has 1 aliphatic carbocycles. The highest BCUT2D eigenvalue weighted by atomic mass is 16.5. The van der Waals surface area contributed by atoms with Crippen LogP contribution in [0.4, 0.5) is 0 Å². The summed E-state index contributed by atoms with van der Waals surface area (Å²) in [6.07, 6.45) is 3.67. The first-order chi connectivity index (χ1) is 14.1. The van der Waals surface area contributed by atoms with E-state index in [1.54, 1.807) is 31.4 Å². The molecule has 150 valence electrons. The summed E-state index contributed by atoms with van der Waals surface area (Å²) in [5.74, 6) is 0.523. The van der Waals surface area contributed by atoms with Crippen molar-refractivity contribution >= 4 is 16.9 Å². The molecule has 6 nitrogen and oxygen atoms in total. The lowest BCUT2D eigenvalue weighted by molar-refractivity contribution is 0.0600. The molecule has 0 saturated heterocycles. The third-order valence-corrected chi connectivity index (χ3v) is 5.29. The Bertz CT molecular complexity index is 1110. The van der Waals surface area contributed by atoms with Gasteiger partial charge in [-0.05, 0) is 61.1 Å². The predicted molar refractivity (Wildman–Crippen MR) is 108 cm³/mol. The van der Waals surface area contributed by atoms with Crippen molar-refractivity contribution < 1.29 is 23.4 Å². The van der Waals surface area contributed by atoms with Crippen LogP contribution in [0, 0.1) is 0 Å². The quantitative estimate of drug-likeness (QED) is 0.480. The maximum absolute atomic E-state index is 12.5. The van der Waals surface area contributed by atoms with E-state index in [0.717, 1.165) is 47.8 Å². The van der Waals surface area contributed by atoms with E-state index in [9.17, 15) is 9.59 Å². The van der Waals surface area contributed by atoms with E-state index in [2.05, 4.69) is 0 Å². The van der Waals surface area contributed by atoms with E-state index in [-0.39, 0.29) is 18.2 Å². The number of hydrogen-bond donors (Lipinski definition) is 0. The number of carbonyl (C=O) groups is 1. The molecule has 0 unspecified atom stereocenters. The zero-order chi connectivity index (χ0) is 20.4. The van der Waals surface area contributed by atoms with Gasteiger partial charge in [-0.2, -0.15) is 0 Å². The molecule has 0 atom stereocenters. The molecule has 6 heteroatoms.